The summed E-state index contributed by atoms with van der Waals surface area (Å²) in [6.07, 6.45) is 0. The van der Waals surface area contributed by atoms with Crippen molar-refractivity contribution in [3.8, 4) is 17.2 Å². The molecule has 2 aromatic rings. The molecule has 0 fully saturated rings. The Bertz CT molecular complexity index is 931. The first-order valence-corrected chi connectivity index (χ1v) is 9.38. The van der Waals surface area contributed by atoms with Gasteiger partial charge in [-0.1, -0.05) is 0 Å². The molecule has 1 amide bonds. The summed E-state index contributed by atoms with van der Waals surface area (Å²) < 4.78 is 15.9. The number of quaternary nitrogens is 1. The molecule has 0 bridgehead atoms. The molecule has 2 atom stereocenters. The number of amides is 1. The van der Waals surface area contributed by atoms with Gasteiger partial charge in [0.05, 0.1) is 39.0 Å². The Kier molecular flexibility index (Phi) is 7.60. The van der Waals surface area contributed by atoms with E-state index in [-0.39, 0.29) is 17.3 Å². The standard InChI is InChI=1S/C21H27N3O6/c1-13-9-19(29-5)20(30-6)10-15(13)12-23(3)14(2)21(25)22-17-11-16(24(26)27)7-8-18(17)28-4/h7-11,14H,12H2,1-6H3,(H,22,25)/p+1/t14-/m1/s1. The van der Waals surface area contributed by atoms with Gasteiger partial charge in [-0.2, -0.15) is 0 Å². The van der Waals surface area contributed by atoms with Crippen molar-refractivity contribution in [2.75, 3.05) is 33.7 Å². The molecule has 1 unspecified atom stereocenters. The number of aryl methyl sites for hydroxylation is 1. The van der Waals surface area contributed by atoms with Gasteiger partial charge >= 0.3 is 0 Å². The highest BCUT2D eigenvalue weighted by Gasteiger charge is 2.25. The van der Waals surface area contributed by atoms with Gasteiger partial charge in [-0.15, -0.1) is 0 Å². The lowest BCUT2D eigenvalue weighted by Gasteiger charge is -2.23. The predicted octanol–water partition coefficient (Wildman–Crippen LogP) is 1.97. The maximum Gasteiger partial charge on any atom is 0.282 e. The first kappa shape index (κ1) is 23.0. The lowest BCUT2D eigenvalue weighted by Crippen LogP contribution is -3.12. The largest absolute Gasteiger partial charge is 0.495 e. The number of anilines is 1. The average molecular weight is 418 g/mol. The van der Waals surface area contributed by atoms with Crippen LogP contribution in [0.5, 0.6) is 17.2 Å². The number of methoxy groups -OCH3 is 3. The van der Waals surface area contributed by atoms with Gasteiger partial charge in [-0.3, -0.25) is 14.9 Å². The van der Waals surface area contributed by atoms with Gasteiger partial charge in [0.1, 0.15) is 12.3 Å². The first-order chi connectivity index (χ1) is 14.2. The highest BCUT2D eigenvalue weighted by Crippen LogP contribution is 2.30. The van der Waals surface area contributed by atoms with E-state index >= 15 is 0 Å². The smallest absolute Gasteiger partial charge is 0.282 e. The van der Waals surface area contributed by atoms with Crippen molar-refractivity contribution in [3.05, 3.63) is 51.6 Å². The number of carbonyl (C=O) groups is 1. The lowest BCUT2D eigenvalue weighted by molar-refractivity contribution is -0.907. The quantitative estimate of drug-likeness (QED) is 0.477. The third-order valence-corrected chi connectivity index (χ3v) is 5.10. The van der Waals surface area contributed by atoms with Crippen LogP contribution in [0.1, 0.15) is 18.1 Å². The SMILES string of the molecule is COc1ccc([N+](=O)[O-])cc1NC(=O)[C@@H](C)[NH+](C)Cc1cc(OC)c(OC)cc1C. The van der Waals surface area contributed by atoms with E-state index < -0.39 is 11.0 Å². The summed E-state index contributed by atoms with van der Waals surface area (Å²) >= 11 is 0. The van der Waals surface area contributed by atoms with E-state index in [4.69, 9.17) is 14.2 Å². The maximum atomic E-state index is 12.8. The molecular formula is C21H28N3O6+. The van der Waals surface area contributed by atoms with Crippen LogP contribution in [0, 0.1) is 17.0 Å². The van der Waals surface area contributed by atoms with E-state index in [2.05, 4.69) is 5.32 Å². The molecule has 2 aromatic carbocycles. The normalized spacial score (nSPS) is 12.6. The van der Waals surface area contributed by atoms with Crippen molar-refractivity contribution in [1.82, 2.24) is 0 Å². The van der Waals surface area contributed by atoms with E-state index in [0.717, 1.165) is 16.0 Å². The molecule has 0 radical (unpaired) electrons. The van der Waals surface area contributed by atoms with Gasteiger partial charge in [0.25, 0.3) is 11.6 Å². The molecule has 9 heteroatoms. The molecule has 0 aliphatic carbocycles. The van der Waals surface area contributed by atoms with Crippen LogP contribution in [-0.4, -0.2) is 45.2 Å². The zero-order valence-corrected chi connectivity index (χ0v) is 18.1. The van der Waals surface area contributed by atoms with Crippen LogP contribution in [0.3, 0.4) is 0 Å². The summed E-state index contributed by atoms with van der Waals surface area (Å²) in [5.41, 5.74) is 2.19. The number of nitro groups is 1. The summed E-state index contributed by atoms with van der Waals surface area (Å²) in [7, 11) is 6.52. The van der Waals surface area contributed by atoms with Gasteiger partial charge in [0, 0.05) is 17.7 Å². The van der Waals surface area contributed by atoms with Crippen LogP contribution in [0.25, 0.3) is 0 Å². The van der Waals surface area contributed by atoms with Crippen molar-refractivity contribution in [2.45, 2.75) is 26.4 Å². The number of benzene rings is 2. The molecule has 0 aromatic heterocycles. The monoisotopic (exact) mass is 418 g/mol. The molecule has 2 rings (SSSR count). The second kappa shape index (κ2) is 9.93. The second-order valence-corrected chi connectivity index (χ2v) is 7.01. The Morgan fingerprint density at radius 3 is 2.27 bits per heavy atom. The molecule has 162 valence electrons. The van der Waals surface area contributed by atoms with Gasteiger partial charge in [0.2, 0.25) is 0 Å². The first-order valence-electron chi connectivity index (χ1n) is 9.38. The van der Waals surface area contributed by atoms with Crippen LogP contribution in [-0.2, 0) is 11.3 Å². The van der Waals surface area contributed by atoms with Gasteiger partial charge in [0.15, 0.2) is 17.5 Å². The Hall–Kier alpha value is -3.33. The lowest BCUT2D eigenvalue weighted by atomic mass is 10.1. The molecule has 0 aliphatic rings. The highest BCUT2D eigenvalue weighted by molar-refractivity contribution is 5.95. The number of hydrogen-bond acceptors (Lipinski definition) is 6. The molecule has 0 saturated carbocycles. The van der Waals surface area contributed by atoms with Crippen molar-refractivity contribution in [1.29, 1.82) is 0 Å². The predicted molar refractivity (Wildman–Crippen MR) is 113 cm³/mol. The zero-order valence-electron chi connectivity index (χ0n) is 18.1. The van der Waals surface area contributed by atoms with Crippen molar-refractivity contribution in [2.24, 2.45) is 0 Å². The molecule has 0 aliphatic heterocycles. The number of nitro benzene ring substituents is 1. The van der Waals surface area contributed by atoms with Crippen molar-refractivity contribution in [3.63, 3.8) is 0 Å². The number of carbonyl (C=O) groups excluding carboxylic acids is 1. The van der Waals surface area contributed by atoms with Crippen LogP contribution >= 0.6 is 0 Å². The molecule has 0 spiro atoms. The third kappa shape index (κ3) is 5.18. The molecule has 30 heavy (non-hydrogen) atoms. The van der Waals surface area contributed by atoms with Crippen LogP contribution in [0.15, 0.2) is 30.3 Å². The Morgan fingerprint density at radius 1 is 1.10 bits per heavy atom. The van der Waals surface area contributed by atoms with E-state index in [1.54, 1.807) is 21.1 Å². The third-order valence-electron chi connectivity index (χ3n) is 5.10. The summed E-state index contributed by atoms with van der Waals surface area (Å²) in [6, 6.07) is 7.46. The maximum absolute atomic E-state index is 12.8. The Balaban J connectivity index is 2.17. The van der Waals surface area contributed by atoms with Crippen LogP contribution in [0.2, 0.25) is 0 Å². The molecule has 9 nitrogen and oxygen atoms in total. The van der Waals surface area contributed by atoms with Crippen LogP contribution in [0.4, 0.5) is 11.4 Å². The molecule has 2 N–H and O–H groups in total. The average Bonchev–Trinajstić information content (AvgIpc) is 2.73. The minimum Gasteiger partial charge on any atom is -0.495 e. The fourth-order valence-electron chi connectivity index (χ4n) is 3.04. The van der Waals surface area contributed by atoms with Gasteiger partial charge < -0.3 is 24.4 Å². The van der Waals surface area contributed by atoms with E-state index in [1.165, 1.54) is 25.3 Å². The number of non-ortho nitro benzene ring substituents is 1. The van der Waals surface area contributed by atoms with Crippen molar-refractivity contribution < 1.29 is 28.8 Å². The zero-order chi connectivity index (χ0) is 22.4. The summed E-state index contributed by atoms with van der Waals surface area (Å²) in [6.45, 7) is 4.35. The summed E-state index contributed by atoms with van der Waals surface area (Å²) in [5, 5.41) is 13.8. The highest BCUT2D eigenvalue weighted by atomic mass is 16.6. The fourth-order valence-corrected chi connectivity index (χ4v) is 3.04. The van der Waals surface area contributed by atoms with Gasteiger partial charge in [-0.05, 0) is 37.6 Å². The molecular weight excluding hydrogens is 390 g/mol. The van der Waals surface area contributed by atoms with E-state index in [1.807, 2.05) is 26.1 Å². The molecule has 0 saturated heterocycles. The topological polar surface area (TPSA) is 104 Å². The number of likely N-dealkylation sites (N-methyl/N-ethyl adjacent to an activating group) is 1. The van der Waals surface area contributed by atoms with Gasteiger partial charge in [-0.25, -0.2) is 0 Å². The van der Waals surface area contributed by atoms with Crippen molar-refractivity contribution >= 4 is 17.3 Å². The number of ether oxygens (including phenoxy) is 3. The second-order valence-electron chi connectivity index (χ2n) is 7.01. The summed E-state index contributed by atoms with van der Waals surface area (Å²) in [5.74, 6) is 1.36. The number of rotatable bonds is 9. The van der Waals surface area contributed by atoms with Crippen LogP contribution < -0.4 is 24.4 Å². The fraction of sp³-hybridized carbons (Fsp3) is 0.381. The Morgan fingerprint density at radius 2 is 1.70 bits per heavy atom. The number of hydrogen-bond donors (Lipinski definition) is 2. The summed E-state index contributed by atoms with van der Waals surface area (Å²) in [4.78, 5) is 24.3. The molecule has 0 heterocycles. The van der Waals surface area contributed by atoms with E-state index in [9.17, 15) is 14.9 Å². The van der Waals surface area contributed by atoms with E-state index in [0.29, 0.717) is 23.8 Å². The number of nitrogens with zero attached hydrogens (tertiary/aromatic N) is 1. The Labute approximate surface area is 175 Å². The number of nitrogens with one attached hydrogen (secondary N) is 2. The minimum atomic E-state index is -0.518. The minimum absolute atomic E-state index is 0.125.